The third kappa shape index (κ3) is 7.26. The van der Waals surface area contributed by atoms with Gasteiger partial charge < -0.3 is 15.1 Å². The Bertz CT molecular complexity index is 1130. The lowest BCUT2D eigenvalue weighted by atomic mass is 10.1. The van der Waals surface area contributed by atoms with Crippen LogP contribution in [-0.4, -0.2) is 23.9 Å². The molecule has 0 fully saturated rings. The van der Waals surface area contributed by atoms with Gasteiger partial charge in [-0.1, -0.05) is 53.5 Å². The molecule has 0 spiro atoms. The maximum Gasteiger partial charge on any atom is 0.313 e. The highest BCUT2D eigenvalue weighted by Crippen LogP contribution is 2.22. The summed E-state index contributed by atoms with van der Waals surface area (Å²) < 4.78 is 5.48. The standard InChI is InChI=1S/C22H18Cl2N4O4/c23-15-9-16(24)11-17(10-15)27-22(31)21(30)25-12-18-6-7-19(32-18)13-26-28-20(29)8-14-4-2-1-3-5-14/h1-7,9-11,13H,8,12H2,(H,25,30)(H,27,31)(H,28,29)/b26-13-. The smallest absolute Gasteiger partial charge is 0.313 e. The summed E-state index contributed by atoms with van der Waals surface area (Å²) in [7, 11) is 0. The van der Waals surface area contributed by atoms with Crippen LogP contribution in [0, 0.1) is 0 Å². The maximum atomic E-state index is 12.0. The topological polar surface area (TPSA) is 113 Å². The molecule has 8 nitrogen and oxygen atoms in total. The summed E-state index contributed by atoms with van der Waals surface area (Å²) in [6.07, 6.45) is 1.54. The highest BCUT2D eigenvalue weighted by Gasteiger charge is 2.15. The van der Waals surface area contributed by atoms with Gasteiger partial charge in [0.1, 0.15) is 11.5 Å². The van der Waals surface area contributed by atoms with E-state index in [2.05, 4.69) is 21.2 Å². The number of anilines is 1. The van der Waals surface area contributed by atoms with Crippen LogP contribution in [0.4, 0.5) is 5.69 Å². The zero-order chi connectivity index (χ0) is 22.9. The Morgan fingerprint density at radius 1 is 0.938 bits per heavy atom. The molecule has 3 amide bonds. The van der Waals surface area contributed by atoms with E-state index in [1.165, 1.54) is 24.4 Å². The molecule has 3 aromatic rings. The molecule has 0 atom stereocenters. The Labute approximate surface area is 193 Å². The molecule has 0 bridgehead atoms. The molecule has 0 saturated heterocycles. The highest BCUT2D eigenvalue weighted by atomic mass is 35.5. The Morgan fingerprint density at radius 3 is 2.38 bits per heavy atom. The molecule has 1 heterocycles. The van der Waals surface area contributed by atoms with Crippen LogP contribution in [0.1, 0.15) is 17.1 Å². The second-order valence-corrected chi connectivity index (χ2v) is 7.43. The third-order valence-corrected chi connectivity index (χ3v) is 4.46. The highest BCUT2D eigenvalue weighted by molar-refractivity contribution is 6.40. The molecule has 10 heteroatoms. The molecule has 0 aliphatic carbocycles. The summed E-state index contributed by atoms with van der Waals surface area (Å²) in [4.78, 5) is 35.8. The fraction of sp³-hybridized carbons (Fsp3) is 0.0909. The fourth-order valence-corrected chi connectivity index (χ4v) is 3.14. The van der Waals surface area contributed by atoms with Crippen molar-refractivity contribution in [3.05, 3.63) is 87.8 Å². The quantitative estimate of drug-likeness (QED) is 0.277. The van der Waals surface area contributed by atoms with E-state index < -0.39 is 11.8 Å². The predicted octanol–water partition coefficient (Wildman–Crippen LogP) is 3.53. The zero-order valence-electron chi connectivity index (χ0n) is 16.6. The largest absolute Gasteiger partial charge is 0.458 e. The first-order valence-corrected chi connectivity index (χ1v) is 10.1. The predicted molar refractivity (Wildman–Crippen MR) is 122 cm³/mol. The van der Waals surface area contributed by atoms with Gasteiger partial charge in [0.15, 0.2) is 0 Å². The number of benzene rings is 2. The van der Waals surface area contributed by atoms with E-state index in [9.17, 15) is 14.4 Å². The molecule has 3 N–H and O–H groups in total. The molecule has 1 aromatic heterocycles. The van der Waals surface area contributed by atoms with Gasteiger partial charge in [0.05, 0.1) is 19.2 Å². The number of furan rings is 1. The third-order valence-electron chi connectivity index (χ3n) is 4.02. The molecule has 0 aliphatic heterocycles. The van der Waals surface area contributed by atoms with E-state index in [-0.39, 0.29) is 18.9 Å². The summed E-state index contributed by atoms with van der Waals surface area (Å²) >= 11 is 11.7. The molecule has 0 aliphatic rings. The minimum absolute atomic E-state index is 0.0171. The number of amides is 3. The van der Waals surface area contributed by atoms with Crippen LogP contribution in [0.15, 0.2) is 70.2 Å². The van der Waals surface area contributed by atoms with Gasteiger partial charge in [0.2, 0.25) is 5.91 Å². The normalized spacial score (nSPS) is 10.7. The van der Waals surface area contributed by atoms with Gasteiger partial charge in [-0.15, -0.1) is 0 Å². The van der Waals surface area contributed by atoms with Crippen molar-refractivity contribution >= 4 is 52.8 Å². The monoisotopic (exact) mass is 472 g/mol. The lowest BCUT2D eigenvalue weighted by Gasteiger charge is -2.06. The molecule has 3 rings (SSSR count). The van der Waals surface area contributed by atoms with E-state index in [1.807, 2.05) is 30.3 Å². The first-order valence-electron chi connectivity index (χ1n) is 9.39. The number of halogens is 2. The van der Waals surface area contributed by atoms with Crippen molar-refractivity contribution in [3.8, 4) is 0 Å². The van der Waals surface area contributed by atoms with Crippen LogP contribution in [0.3, 0.4) is 0 Å². The zero-order valence-corrected chi connectivity index (χ0v) is 18.1. The van der Waals surface area contributed by atoms with Crippen LogP contribution >= 0.6 is 23.2 Å². The van der Waals surface area contributed by atoms with E-state index >= 15 is 0 Å². The lowest BCUT2D eigenvalue weighted by Crippen LogP contribution is -2.34. The number of rotatable bonds is 7. The van der Waals surface area contributed by atoms with Crippen LogP contribution in [-0.2, 0) is 27.3 Å². The number of hydrogen-bond acceptors (Lipinski definition) is 5. The second-order valence-electron chi connectivity index (χ2n) is 6.55. The molecular weight excluding hydrogens is 455 g/mol. The van der Waals surface area contributed by atoms with Crippen molar-refractivity contribution < 1.29 is 18.8 Å². The van der Waals surface area contributed by atoms with Gasteiger partial charge in [-0.25, -0.2) is 5.43 Å². The number of nitrogens with one attached hydrogen (secondary N) is 3. The van der Waals surface area contributed by atoms with Gasteiger partial charge in [0, 0.05) is 15.7 Å². The van der Waals surface area contributed by atoms with Crippen molar-refractivity contribution in [2.24, 2.45) is 5.10 Å². The Morgan fingerprint density at radius 2 is 1.66 bits per heavy atom. The van der Waals surface area contributed by atoms with Crippen LogP contribution in [0.5, 0.6) is 0 Å². The van der Waals surface area contributed by atoms with Crippen molar-refractivity contribution in [1.82, 2.24) is 10.7 Å². The number of carbonyl (C=O) groups is 3. The van der Waals surface area contributed by atoms with Crippen molar-refractivity contribution in [3.63, 3.8) is 0 Å². The molecule has 32 heavy (non-hydrogen) atoms. The summed E-state index contributed by atoms with van der Waals surface area (Å²) in [5, 5.41) is 9.35. The average molecular weight is 473 g/mol. The van der Waals surface area contributed by atoms with Gasteiger partial charge >= 0.3 is 11.8 Å². The van der Waals surface area contributed by atoms with Crippen molar-refractivity contribution in [2.75, 3.05) is 5.32 Å². The van der Waals surface area contributed by atoms with Gasteiger partial charge in [-0.3, -0.25) is 14.4 Å². The van der Waals surface area contributed by atoms with Crippen LogP contribution < -0.4 is 16.1 Å². The minimum Gasteiger partial charge on any atom is -0.458 e. The molecular formula is C22H18Cl2N4O4. The molecule has 164 valence electrons. The number of nitrogens with zero attached hydrogens (tertiary/aromatic N) is 1. The van der Waals surface area contributed by atoms with Crippen molar-refractivity contribution in [2.45, 2.75) is 13.0 Å². The molecule has 0 unspecified atom stereocenters. The first kappa shape index (κ1) is 23.1. The van der Waals surface area contributed by atoms with Gasteiger partial charge in [-0.2, -0.15) is 5.10 Å². The summed E-state index contributed by atoms with van der Waals surface area (Å²) in [6, 6.07) is 16.9. The maximum absolute atomic E-state index is 12.0. The van der Waals surface area contributed by atoms with Gasteiger partial charge in [-0.05, 0) is 35.9 Å². The van der Waals surface area contributed by atoms with E-state index in [0.717, 1.165) is 5.56 Å². The molecule has 0 radical (unpaired) electrons. The molecule has 0 saturated carbocycles. The number of hydrogen-bond donors (Lipinski definition) is 3. The minimum atomic E-state index is -0.877. The first-order chi connectivity index (χ1) is 15.4. The fourth-order valence-electron chi connectivity index (χ4n) is 2.61. The summed E-state index contributed by atoms with van der Waals surface area (Å²) in [5.41, 5.74) is 3.59. The Balaban J connectivity index is 1.44. The van der Waals surface area contributed by atoms with E-state index in [0.29, 0.717) is 27.3 Å². The van der Waals surface area contributed by atoms with Gasteiger partial charge in [0.25, 0.3) is 0 Å². The second kappa shape index (κ2) is 11.1. The van der Waals surface area contributed by atoms with E-state index in [1.54, 1.807) is 12.1 Å². The Kier molecular flexibility index (Phi) is 8.02. The van der Waals surface area contributed by atoms with Crippen LogP contribution in [0.25, 0.3) is 0 Å². The lowest BCUT2D eigenvalue weighted by molar-refractivity contribution is -0.136. The number of carbonyl (C=O) groups excluding carboxylic acids is 3. The summed E-state index contributed by atoms with van der Waals surface area (Å²) in [6.45, 7) is -0.0171. The average Bonchev–Trinajstić information content (AvgIpc) is 3.19. The SMILES string of the molecule is O=C(Cc1ccccc1)N/N=C\c1ccc(CNC(=O)C(=O)Nc2cc(Cl)cc(Cl)c2)o1. The summed E-state index contributed by atoms with van der Waals surface area (Å²) in [5.74, 6) is -1.24. The number of hydrazone groups is 1. The Hall–Kier alpha value is -3.62. The molecule has 2 aromatic carbocycles. The van der Waals surface area contributed by atoms with Crippen LogP contribution in [0.2, 0.25) is 10.0 Å². The van der Waals surface area contributed by atoms with E-state index in [4.69, 9.17) is 27.6 Å². The van der Waals surface area contributed by atoms with Crippen molar-refractivity contribution in [1.29, 1.82) is 0 Å².